The van der Waals surface area contributed by atoms with Crippen molar-refractivity contribution in [2.75, 3.05) is 29.7 Å². The number of fused-ring (bicyclic) bond motifs is 1. The Bertz CT molecular complexity index is 745. The molecule has 1 amide bonds. The monoisotopic (exact) mass is 414 g/mol. The van der Waals surface area contributed by atoms with Gasteiger partial charge in [-0.2, -0.15) is 0 Å². The molecule has 150 valence electrons. The fourth-order valence-electron chi connectivity index (χ4n) is 3.44. The molecule has 0 fully saturated rings. The molecule has 0 saturated heterocycles. The standard InChI is InChI=1S/C19H28Cl2N4O2/c1-3-4-5-7-14(19(26)23-27)18-22-15-8-6-9-16(17(15)24(18)2)25(12-10-20)13-11-21/h6,8-9,14,27H,3-5,7,10-13H2,1-2H3,(H,23,26). The van der Waals surface area contributed by atoms with E-state index in [1.165, 1.54) is 0 Å². The molecule has 0 saturated carbocycles. The number of unbranched alkanes of at least 4 members (excludes halogenated alkanes) is 2. The lowest BCUT2D eigenvalue weighted by atomic mass is 9.99. The molecule has 2 aromatic rings. The lowest BCUT2D eigenvalue weighted by molar-refractivity contribution is -0.131. The molecule has 0 aliphatic rings. The van der Waals surface area contributed by atoms with Crippen LogP contribution < -0.4 is 10.4 Å². The van der Waals surface area contributed by atoms with Gasteiger partial charge in [-0.15, -0.1) is 23.2 Å². The minimum Gasteiger partial charge on any atom is -0.367 e. The largest absolute Gasteiger partial charge is 0.367 e. The van der Waals surface area contributed by atoms with Crippen LogP contribution in [0.15, 0.2) is 18.2 Å². The molecule has 1 aromatic heterocycles. The van der Waals surface area contributed by atoms with Gasteiger partial charge < -0.3 is 9.47 Å². The number of rotatable bonds is 11. The fourth-order valence-corrected chi connectivity index (χ4v) is 3.85. The number of amides is 1. The third-order valence-electron chi connectivity index (χ3n) is 4.79. The number of hydroxylamine groups is 1. The summed E-state index contributed by atoms with van der Waals surface area (Å²) >= 11 is 11.9. The Morgan fingerprint density at radius 2 is 2.00 bits per heavy atom. The molecule has 8 heteroatoms. The van der Waals surface area contributed by atoms with E-state index in [0.29, 0.717) is 37.1 Å². The molecule has 1 atom stereocenters. The van der Waals surface area contributed by atoms with Crippen LogP contribution in [0.1, 0.15) is 44.3 Å². The summed E-state index contributed by atoms with van der Waals surface area (Å²) in [7, 11) is 1.91. The maximum absolute atomic E-state index is 12.3. The van der Waals surface area contributed by atoms with Crippen LogP contribution >= 0.6 is 23.2 Å². The van der Waals surface area contributed by atoms with Gasteiger partial charge in [0, 0.05) is 31.9 Å². The third kappa shape index (κ3) is 5.06. The first-order valence-electron chi connectivity index (χ1n) is 9.35. The van der Waals surface area contributed by atoms with Crippen molar-refractivity contribution >= 4 is 45.8 Å². The predicted octanol–water partition coefficient (Wildman–Crippen LogP) is 4.03. The molecule has 6 nitrogen and oxygen atoms in total. The van der Waals surface area contributed by atoms with Crippen molar-refractivity contribution in [1.29, 1.82) is 0 Å². The number of imidazole rings is 1. The van der Waals surface area contributed by atoms with Crippen molar-refractivity contribution in [3.63, 3.8) is 0 Å². The molecule has 0 aliphatic carbocycles. The van der Waals surface area contributed by atoms with Gasteiger partial charge in [0.25, 0.3) is 5.91 Å². The molecule has 0 radical (unpaired) electrons. The average molecular weight is 415 g/mol. The summed E-state index contributed by atoms with van der Waals surface area (Å²) in [4.78, 5) is 19.2. The molecular formula is C19H28Cl2N4O2. The maximum atomic E-state index is 12.3. The fraction of sp³-hybridized carbons (Fsp3) is 0.579. The summed E-state index contributed by atoms with van der Waals surface area (Å²) in [6, 6.07) is 5.90. The lowest BCUT2D eigenvalue weighted by Crippen LogP contribution is -2.29. The summed E-state index contributed by atoms with van der Waals surface area (Å²) in [6.45, 7) is 3.46. The molecular weight excluding hydrogens is 387 g/mol. The van der Waals surface area contributed by atoms with Gasteiger partial charge in [0.15, 0.2) is 0 Å². The molecule has 1 aromatic carbocycles. The number of anilines is 1. The Balaban J connectivity index is 2.50. The molecule has 2 N–H and O–H groups in total. The first-order chi connectivity index (χ1) is 13.1. The Morgan fingerprint density at radius 1 is 1.30 bits per heavy atom. The van der Waals surface area contributed by atoms with Crippen molar-refractivity contribution in [1.82, 2.24) is 15.0 Å². The van der Waals surface area contributed by atoms with E-state index < -0.39 is 11.8 Å². The summed E-state index contributed by atoms with van der Waals surface area (Å²) in [5.41, 5.74) is 4.54. The SMILES string of the molecule is CCCCCC(C(=O)NO)c1nc2cccc(N(CCCl)CCCl)c2n1C. The zero-order valence-corrected chi connectivity index (χ0v) is 17.4. The van der Waals surface area contributed by atoms with Crippen molar-refractivity contribution in [3.8, 4) is 0 Å². The van der Waals surface area contributed by atoms with Crippen molar-refractivity contribution in [2.45, 2.75) is 38.5 Å². The number of nitrogens with one attached hydrogen (secondary N) is 1. The summed E-state index contributed by atoms with van der Waals surface area (Å²) in [5.74, 6) is 0.706. The van der Waals surface area contributed by atoms with E-state index in [1.807, 2.05) is 29.8 Å². The summed E-state index contributed by atoms with van der Waals surface area (Å²) in [5, 5.41) is 9.20. The van der Waals surface area contributed by atoms with Crippen LogP contribution in [0.25, 0.3) is 11.0 Å². The minimum atomic E-state index is -0.499. The number of aryl methyl sites for hydroxylation is 1. The number of nitrogens with zero attached hydrogens (tertiary/aromatic N) is 3. The maximum Gasteiger partial charge on any atom is 0.254 e. The predicted molar refractivity (Wildman–Crippen MR) is 111 cm³/mol. The lowest BCUT2D eigenvalue weighted by Gasteiger charge is -2.24. The number of carbonyl (C=O) groups excluding carboxylic acids is 1. The smallest absolute Gasteiger partial charge is 0.254 e. The van der Waals surface area contributed by atoms with E-state index in [9.17, 15) is 10.0 Å². The van der Waals surface area contributed by atoms with Crippen LogP contribution in [-0.2, 0) is 11.8 Å². The molecule has 0 bridgehead atoms. The second-order valence-corrected chi connectivity index (χ2v) is 7.32. The number of benzene rings is 1. The normalized spacial score (nSPS) is 12.3. The first kappa shape index (κ1) is 21.8. The van der Waals surface area contributed by atoms with Crippen LogP contribution in [0.5, 0.6) is 0 Å². The molecule has 1 unspecified atom stereocenters. The quantitative estimate of drug-likeness (QED) is 0.252. The van der Waals surface area contributed by atoms with E-state index in [1.54, 1.807) is 5.48 Å². The van der Waals surface area contributed by atoms with Gasteiger partial charge in [-0.3, -0.25) is 10.0 Å². The van der Waals surface area contributed by atoms with E-state index >= 15 is 0 Å². The van der Waals surface area contributed by atoms with Crippen molar-refractivity contribution in [3.05, 3.63) is 24.0 Å². The van der Waals surface area contributed by atoms with Gasteiger partial charge in [-0.05, 0) is 18.6 Å². The highest BCUT2D eigenvalue weighted by Crippen LogP contribution is 2.31. The highest BCUT2D eigenvalue weighted by atomic mass is 35.5. The summed E-state index contributed by atoms with van der Waals surface area (Å²) < 4.78 is 1.95. The van der Waals surface area contributed by atoms with Gasteiger partial charge in [0.05, 0.1) is 22.6 Å². The number of hydrogen-bond acceptors (Lipinski definition) is 4. The Kier molecular flexibility index (Phi) is 8.67. The number of aromatic nitrogens is 2. The molecule has 0 aliphatic heterocycles. The molecule has 27 heavy (non-hydrogen) atoms. The molecule has 1 heterocycles. The van der Waals surface area contributed by atoms with Gasteiger partial charge in [-0.25, -0.2) is 10.5 Å². The van der Waals surface area contributed by atoms with Crippen LogP contribution in [-0.4, -0.2) is 45.5 Å². The minimum absolute atomic E-state index is 0.426. The Hall–Kier alpha value is -1.50. The average Bonchev–Trinajstić information content (AvgIpc) is 3.01. The Labute approximate surface area is 170 Å². The van der Waals surface area contributed by atoms with Gasteiger partial charge >= 0.3 is 0 Å². The summed E-state index contributed by atoms with van der Waals surface area (Å²) in [6.07, 6.45) is 3.63. The number of hydrogen-bond donors (Lipinski definition) is 2. The first-order valence-corrected chi connectivity index (χ1v) is 10.4. The van der Waals surface area contributed by atoms with Gasteiger partial charge in [0.1, 0.15) is 5.82 Å². The topological polar surface area (TPSA) is 70.4 Å². The number of para-hydroxylation sites is 1. The zero-order valence-electron chi connectivity index (χ0n) is 15.9. The molecule has 0 spiro atoms. The van der Waals surface area contributed by atoms with Crippen LogP contribution in [0.4, 0.5) is 5.69 Å². The molecule has 2 rings (SSSR count). The van der Waals surface area contributed by atoms with Gasteiger partial charge in [-0.1, -0.05) is 32.3 Å². The Morgan fingerprint density at radius 3 is 2.59 bits per heavy atom. The van der Waals surface area contributed by atoms with Crippen LogP contribution in [0, 0.1) is 0 Å². The highest BCUT2D eigenvalue weighted by molar-refractivity contribution is 6.18. The number of carbonyl (C=O) groups is 1. The second-order valence-electron chi connectivity index (χ2n) is 6.56. The van der Waals surface area contributed by atoms with Crippen molar-refractivity contribution < 1.29 is 10.0 Å². The number of halogens is 2. The van der Waals surface area contributed by atoms with Crippen molar-refractivity contribution in [2.24, 2.45) is 7.05 Å². The third-order valence-corrected chi connectivity index (χ3v) is 5.13. The van der Waals surface area contributed by atoms with Crippen LogP contribution in [0.2, 0.25) is 0 Å². The highest BCUT2D eigenvalue weighted by Gasteiger charge is 2.26. The van der Waals surface area contributed by atoms with Gasteiger partial charge in [0.2, 0.25) is 0 Å². The van der Waals surface area contributed by atoms with E-state index in [2.05, 4.69) is 11.8 Å². The second kappa shape index (κ2) is 10.7. The van der Waals surface area contributed by atoms with E-state index in [-0.39, 0.29) is 0 Å². The van der Waals surface area contributed by atoms with E-state index in [4.69, 9.17) is 28.2 Å². The van der Waals surface area contributed by atoms with E-state index in [0.717, 1.165) is 36.0 Å². The van der Waals surface area contributed by atoms with Crippen LogP contribution in [0.3, 0.4) is 0 Å². The number of alkyl halides is 2. The zero-order chi connectivity index (χ0) is 19.8.